The van der Waals surface area contributed by atoms with Crippen molar-refractivity contribution in [2.75, 3.05) is 12.4 Å². The predicted molar refractivity (Wildman–Crippen MR) is 54.6 cm³/mol. The molecule has 0 amide bonds. The maximum atomic E-state index is 8.60. The molecule has 0 fully saturated rings. The number of aromatic nitrogens is 1. The maximum Gasteiger partial charge on any atom is 0.188 e. The van der Waals surface area contributed by atoms with Gasteiger partial charge in [0.25, 0.3) is 0 Å². The fourth-order valence-corrected chi connectivity index (χ4v) is 1.45. The van der Waals surface area contributed by atoms with Crippen molar-refractivity contribution in [1.82, 2.24) is 4.98 Å². The molecular weight excluding hydrogens is 202 g/mol. The first-order chi connectivity index (χ1) is 6.77. The van der Waals surface area contributed by atoms with Gasteiger partial charge < -0.3 is 16.0 Å². The third-order valence-electron chi connectivity index (χ3n) is 1.47. The van der Waals surface area contributed by atoms with Crippen LogP contribution in [0, 0.1) is 0 Å². The van der Waals surface area contributed by atoms with E-state index in [1.807, 2.05) is 0 Å². The summed E-state index contributed by atoms with van der Waals surface area (Å²) < 4.78 is 0. The van der Waals surface area contributed by atoms with Gasteiger partial charge in [-0.15, -0.1) is 11.8 Å². The summed E-state index contributed by atoms with van der Waals surface area (Å²) in [4.78, 5) is 4.92. The van der Waals surface area contributed by atoms with Gasteiger partial charge in [-0.3, -0.25) is 4.98 Å². The largest absolute Gasteiger partial charge is 0.409 e. The van der Waals surface area contributed by atoms with Gasteiger partial charge in [-0.1, -0.05) is 5.16 Å². The highest BCUT2D eigenvalue weighted by molar-refractivity contribution is 7.99. The minimum atomic E-state index is -0.0105. The zero-order chi connectivity index (χ0) is 10.4. The van der Waals surface area contributed by atoms with E-state index >= 15 is 0 Å². The highest BCUT2D eigenvalue weighted by Gasteiger charge is 2.00. The number of aliphatic hydroxyl groups is 1. The molecule has 0 aliphatic carbocycles. The number of thioether (sulfide) groups is 1. The molecule has 14 heavy (non-hydrogen) atoms. The van der Waals surface area contributed by atoms with E-state index in [-0.39, 0.29) is 12.4 Å². The third kappa shape index (κ3) is 2.90. The Morgan fingerprint density at radius 1 is 1.57 bits per heavy atom. The second kappa shape index (κ2) is 5.46. The topological polar surface area (TPSA) is 91.7 Å². The summed E-state index contributed by atoms with van der Waals surface area (Å²) >= 11 is 1.49. The summed E-state index contributed by atoms with van der Waals surface area (Å²) in [6.45, 7) is 0.132. The molecule has 0 saturated carbocycles. The first-order valence-electron chi connectivity index (χ1n) is 3.95. The Morgan fingerprint density at radius 2 is 2.36 bits per heavy atom. The fraction of sp³-hybridized carbons (Fsp3) is 0.250. The lowest BCUT2D eigenvalue weighted by Gasteiger charge is -2.00. The zero-order valence-electron chi connectivity index (χ0n) is 7.42. The molecular formula is C8H11N3O2S. The molecule has 1 aromatic rings. The quantitative estimate of drug-likeness (QED) is 0.219. The second-order valence-corrected chi connectivity index (χ2v) is 3.60. The Labute approximate surface area is 85.6 Å². The Morgan fingerprint density at radius 3 is 2.86 bits per heavy atom. The zero-order valence-corrected chi connectivity index (χ0v) is 8.24. The van der Waals surface area contributed by atoms with Gasteiger partial charge in [0.05, 0.1) is 6.61 Å². The minimum absolute atomic E-state index is 0.0105. The van der Waals surface area contributed by atoms with Crippen LogP contribution in [0.25, 0.3) is 0 Å². The molecule has 0 radical (unpaired) electrons. The number of oxime groups is 1. The van der Waals surface area contributed by atoms with Crippen molar-refractivity contribution < 1.29 is 10.3 Å². The van der Waals surface area contributed by atoms with Crippen molar-refractivity contribution in [3.05, 3.63) is 24.0 Å². The number of rotatable bonds is 4. The van der Waals surface area contributed by atoms with E-state index in [0.29, 0.717) is 11.4 Å². The standard InChI is InChI=1S/C8H11N3O2S/c9-8(11-13)7-2-1-6(5-10-7)14-4-3-12/h1-2,5,12-13H,3-4H2,(H2,9,11). The summed E-state index contributed by atoms with van der Waals surface area (Å²) in [5.74, 6) is 0.619. The third-order valence-corrected chi connectivity index (χ3v) is 2.43. The van der Waals surface area contributed by atoms with E-state index in [9.17, 15) is 0 Å². The van der Waals surface area contributed by atoms with Gasteiger partial charge in [0.15, 0.2) is 5.84 Å². The highest BCUT2D eigenvalue weighted by atomic mass is 32.2. The average Bonchev–Trinajstić information content (AvgIpc) is 2.26. The van der Waals surface area contributed by atoms with Crippen LogP contribution in [0.2, 0.25) is 0 Å². The van der Waals surface area contributed by atoms with Gasteiger partial charge >= 0.3 is 0 Å². The fourth-order valence-electron chi connectivity index (χ4n) is 0.832. The smallest absolute Gasteiger partial charge is 0.188 e. The summed E-state index contributed by atoms with van der Waals surface area (Å²) in [5, 5.41) is 19.8. The average molecular weight is 213 g/mol. The highest BCUT2D eigenvalue weighted by Crippen LogP contribution is 2.15. The maximum absolute atomic E-state index is 8.60. The van der Waals surface area contributed by atoms with Crippen LogP contribution in [0.3, 0.4) is 0 Å². The van der Waals surface area contributed by atoms with Crippen LogP contribution < -0.4 is 5.73 Å². The van der Waals surface area contributed by atoms with Gasteiger partial charge in [0, 0.05) is 16.8 Å². The molecule has 0 saturated heterocycles. The van der Waals surface area contributed by atoms with E-state index in [0.717, 1.165) is 4.90 Å². The van der Waals surface area contributed by atoms with Gasteiger partial charge in [0.1, 0.15) is 5.69 Å². The van der Waals surface area contributed by atoms with Crippen LogP contribution in [0.15, 0.2) is 28.4 Å². The van der Waals surface area contributed by atoms with Crippen molar-refractivity contribution in [2.24, 2.45) is 10.9 Å². The number of pyridine rings is 1. The monoisotopic (exact) mass is 213 g/mol. The molecule has 1 heterocycles. The van der Waals surface area contributed by atoms with Gasteiger partial charge in [-0.2, -0.15) is 0 Å². The van der Waals surface area contributed by atoms with E-state index in [2.05, 4.69) is 10.1 Å². The summed E-state index contributed by atoms with van der Waals surface area (Å²) in [7, 11) is 0. The molecule has 1 aromatic heterocycles. The lowest BCUT2D eigenvalue weighted by Crippen LogP contribution is -2.14. The summed E-state index contributed by atoms with van der Waals surface area (Å²) in [6, 6.07) is 3.47. The number of hydrogen-bond donors (Lipinski definition) is 3. The van der Waals surface area contributed by atoms with Crippen LogP contribution in [-0.4, -0.2) is 33.5 Å². The van der Waals surface area contributed by atoms with Crippen LogP contribution in [0.5, 0.6) is 0 Å². The normalized spacial score (nSPS) is 11.6. The van der Waals surface area contributed by atoms with Crippen molar-refractivity contribution >= 4 is 17.6 Å². The van der Waals surface area contributed by atoms with Crippen molar-refractivity contribution in [1.29, 1.82) is 0 Å². The molecule has 0 unspecified atom stereocenters. The Hall–Kier alpha value is -1.27. The molecule has 0 atom stereocenters. The molecule has 0 aromatic carbocycles. The van der Waals surface area contributed by atoms with Crippen molar-refractivity contribution in [3.63, 3.8) is 0 Å². The number of nitrogens with zero attached hydrogens (tertiary/aromatic N) is 2. The lowest BCUT2D eigenvalue weighted by atomic mass is 10.3. The number of amidine groups is 1. The molecule has 6 heteroatoms. The number of hydrogen-bond acceptors (Lipinski definition) is 5. The molecule has 76 valence electrons. The predicted octanol–water partition coefficient (Wildman–Crippen LogP) is 0.260. The molecule has 0 aliphatic heterocycles. The number of nitrogens with two attached hydrogens (primary N) is 1. The molecule has 1 rings (SSSR count). The SMILES string of the molecule is N/C(=N/O)c1ccc(SCCO)cn1. The summed E-state index contributed by atoms with van der Waals surface area (Å²) in [6.07, 6.45) is 1.62. The van der Waals surface area contributed by atoms with E-state index in [1.54, 1.807) is 18.3 Å². The molecule has 0 aliphatic rings. The molecule has 0 bridgehead atoms. The molecule has 0 spiro atoms. The Balaban J connectivity index is 2.68. The first-order valence-corrected chi connectivity index (χ1v) is 4.94. The Kier molecular flexibility index (Phi) is 4.21. The van der Waals surface area contributed by atoms with Crippen molar-refractivity contribution in [3.8, 4) is 0 Å². The minimum Gasteiger partial charge on any atom is -0.409 e. The van der Waals surface area contributed by atoms with E-state index in [4.69, 9.17) is 16.0 Å². The van der Waals surface area contributed by atoms with Crippen LogP contribution >= 0.6 is 11.8 Å². The first kappa shape index (κ1) is 10.8. The second-order valence-electron chi connectivity index (χ2n) is 2.44. The molecule has 5 nitrogen and oxygen atoms in total. The lowest BCUT2D eigenvalue weighted by molar-refractivity contribution is 0.318. The van der Waals surface area contributed by atoms with Crippen LogP contribution in [0.1, 0.15) is 5.69 Å². The van der Waals surface area contributed by atoms with E-state index in [1.165, 1.54) is 11.8 Å². The van der Waals surface area contributed by atoms with Crippen LogP contribution in [0.4, 0.5) is 0 Å². The Bertz CT molecular complexity index is 313. The summed E-state index contributed by atoms with van der Waals surface area (Å²) in [5.41, 5.74) is 5.77. The van der Waals surface area contributed by atoms with Crippen molar-refractivity contribution in [2.45, 2.75) is 4.90 Å². The molecule has 4 N–H and O–H groups in total. The number of aliphatic hydroxyl groups excluding tert-OH is 1. The van der Waals surface area contributed by atoms with Gasteiger partial charge in [-0.05, 0) is 12.1 Å². The van der Waals surface area contributed by atoms with Gasteiger partial charge in [-0.25, -0.2) is 0 Å². The van der Waals surface area contributed by atoms with Gasteiger partial charge in [0.2, 0.25) is 0 Å². The van der Waals surface area contributed by atoms with Crippen LogP contribution in [-0.2, 0) is 0 Å². The van der Waals surface area contributed by atoms with E-state index < -0.39 is 0 Å².